The van der Waals surface area contributed by atoms with Gasteiger partial charge in [0, 0.05) is 17.7 Å². The topological polar surface area (TPSA) is 60.7 Å². The molecule has 0 radical (unpaired) electrons. The van der Waals surface area contributed by atoms with Crippen molar-refractivity contribution in [2.24, 2.45) is 0 Å². The molecule has 192 valence electrons. The van der Waals surface area contributed by atoms with Crippen LogP contribution in [0.1, 0.15) is 66.8 Å². The van der Waals surface area contributed by atoms with Crippen LogP contribution in [0.4, 0.5) is 0 Å². The van der Waals surface area contributed by atoms with E-state index in [4.69, 9.17) is 0 Å². The number of thiol groups is 1. The van der Waals surface area contributed by atoms with Crippen LogP contribution in [0.15, 0.2) is 53.4 Å². The van der Waals surface area contributed by atoms with E-state index in [2.05, 4.69) is 50.7 Å². The first-order valence-corrected chi connectivity index (χ1v) is 13.1. The van der Waals surface area contributed by atoms with E-state index in [9.17, 15) is 15.3 Å². The smallest absolute Gasteiger partial charge is 0.122 e. The Bertz CT molecular complexity index is 1420. The molecule has 0 unspecified atom stereocenters. The highest BCUT2D eigenvalue weighted by molar-refractivity contribution is 7.80. The minimum atomic E-state index is 0.268. The van der Waals surface area contributed by atoms with Gasteiger partial charge in [0.2, 0.25) is 0 Å². The van der Waals surface area contributed by atoms with Crippen molar-refractivity contribution >= 4 is 12.6 Å². The van der Waals surface area contributed by atoms with Crippen LogP contribution < -0.4 is 0 Å². The minimum absolute atomic E-state index is 0.268. The number of hydrogen-bond donors (Lipinski definition) is 4. The van der Waals surface area contributed by atoms with Gasteiger partial charge in [-0.3, -0.25) is 0 Å². The van der Waals surface area contributed by atoms with Crippen molar-refractivity contribution in [3.8, 4) is 17.2 Å². The van der Waals surface area contributed by atoms with Gasteiger partial charge in [0.25, 0.3) is 0 Å². The van der Waals surface area contributed by atoms with Crippen LogP contribution in [-0.4, -0.2) is 15.3 Å². The summed E-state index contributed by atoms with van der Waals surface area (Å²) in [5.74, 6) is 0.838. The van der Waals surface area contributed by atoms with Crippen molar-refractivity contribution in [1.29, 1.82) is 0 Å². The van der Waals surface area contributed by atoms with E-state index >= 15 is 0 Å². The summed E-state index contributed by atoms with van der Waals surface area (Å²) < 4.78 is 0. The molecule has 0 aliphatic rings. The molecule has 0 saturated heterocycles. The van der Waals surface area contributed by atoms with Gasteiger partial charge < -0.3 is 15.3 Å². The fourth-order valence-electron chi connectivity index (χ4n) is 5.01. The summed E-state index contributed by atoms with van der Waals surface area (Å²) in [6.45, 7) is 12.0. The van der Waals surface area contributed by atoms with E-state index in [0.29, 0.717) is 12.8 Å². The lowest BCUT2D eigenvalue weighted by molar-refractivity contribution is 0.462. The van der Waals surface area contributed by atoms with Crippen molar-refractivity contribution in [3.63, 3.8) is 0 Å². The molecule has 0 aliphatic carbocycles. The Labute approximate surface area is 225 Å². The molecule has 0 aromatic heterocycles. The molecule has 0 amide bonds. The quantitative estimate of drug-likeness (QED) is 0.200. The molecule has 0 saturated carbocycles. The third-order valence-electron chi connectivity index (χ3n) is 7.45. The van der Waals surface area contributed by atoms with Crippen molar-refractivity contribution in [2.45, 2.75) is 65.7 Å². The van der Waals surface area contributed by atoms with Crippen molar-refractivity contribution in [1.82, 2.24) is 0 Å². The SMILES string of the molecule is Cc1cc(Cc2cc(Cc3cc(C)c(S)cc3C)cc(Cc3cc(O)c(C)cc3C)c2O)c(C)cc1O. The number of rotatable bonds is 6. The lowest BCUT2D eigenvalue weighted by atomic mass is 9.89. The first kappa shape index (κ1) is 26.7. The van der Waals surface area contributed by atoms with Gasteiger partial charge in [-0.2, -0.15) is 0 Å². The van der Waals surface area contributed by atoms with Gasteiger partial charge in [-0.15, -0.1) is 12.6 Å². The van der Waals surface area contributed by atoms with Crippen molar-refractivity contribution in [3.05, 3.63) is 115 Å². The maximum absolute atomic E-state index is 11.4. The summed E-state index contributed by atoms with van der Waals surface area (Å²) in [7, 11) is 0. The highest BCUT2D eigenvalue weighted by Crippen LogP contribution is 2.34. The molecule has 0 fully saturated rings. The van der Waals surface area contributed by atoms with Crippen LogP contribution in [0.25, 0.3) is 0 Å². The van der Waals surface area contributed by atoms with Crippen LogP contribution in [0.3, 0.4) is 0 Å². The second kappa shape index (κ2) is 10.5. The normalized spacial score (nSPS) is 11.2. The van der Waals surface area contributed by atoms with Crippen molar-refractivity contribution in [2.75, 3.05) is 0 Å². The molecule has 0 aliphatic heterocycles. The van der Waals surface area contributed by atoms with E-state index in [1.165, 1.54) is 11.1 Å². The Balaban J connectivity index is 1.81. The van der Waals surface area contributed by atoms with Crippen molar-refractivity contribution < 1.29 is 15.3 Å². The average molecular weight is 513 g/mol. The summed E-state index contributed by atoms with van der Waals surface area (Å²) in [5.41, 5.74) is 12.2. The zero-order valence-corrected chi connectivity index (χ0v) is 23.4. The Morgan fingerprint density at radius 1 is 0.459 bits per heavy atom. The Kier molecular flexibility index (Phi) is 7.61. The number of aryl methyl sites for hydroxylation is 6. The summed E-state index contributed by atoms with van der Waals surface area (Å²) in [6.07, 6.45) is 1.82. The molecule has 0 spiro atoms. The minimum Gasteiger partial charge on any atom is -0.508 e. The number of benzene rings is 4. The third-order valence-corrected chi connectivity index (χ3v) is 7.93. The summed E-state index contributed by atoms with van der Waals surface area (Å²) in [4.78, 5) is 0.987. The first-order chi connectivity index (χ1) is 17.4. The maximum Gasteiger partial charge on any atom is 0.122 e. The monoisotopic (exact) mass is 512 g/mol. The maximum atomic E-state index is 11.4. The Hall–Kier alpha value is -3.37. The largest absolute Gasteiger partial charge is 0.508 e. The second-order valence-corrected chi connectivity index (χ2v) is 11.0. The lowest BCUT2D eigenvalue weighted by Gasteiger charge is -2.17. The van der Waals surface area contributed by atoms with E-state index in [1.54, 1.807) is 6.07 Å². The zero-order valence-electron chi connectivity index (χ0n) is 22.5. The molecule has 4 aromatic rings. The molecule has 3 N–H and O–H groups in total. The number of aromatic hydroxyl groups is 3. The molecule has 0 bridgehead atoms. The molecule has 0 heterocycles. The van der Waals surface area contributed by atoms with E-state index in [1.807, 2.05) is 45.9 Å². The van der Waals surface area contributed by atoms with E-state index in [0.717, 1.165) is 67.0 Å². The molecule has 4 aromatic carbocycles. The lowest BCUT2D eigenvalue weighted by Crippen LogP contribution is -2.02. The van der Waals surface area contributed by atoms with Crippen LogP contribution >= 0.6 is 12.6 Å². The van der Waals surface area contributed by atoms with E-state index < -0.39 is 0 Å². The molecule has 37 heavy (non-hydrogen) atoms. The highest BCUT2D eigenvalue weighted by Gasteiger charge is 2.16. The second-order valence-electron chi connectivity index (χ2n) is 10.5. The van der Waals surface area contributed by atoms with Gasteiger partial charge in [0.1, 0.15) is 17.2 Å². The fraction of sp³-hybridized carbons (Fsp3) is 0.273. The molecule has 4 heteroatoms. The number of hydrogen-bond acceptors (Lipinski definition) is 4. The Morgan fingerprint density at radius 2 is 0.919 bits per heavy atom. The standard InChI is InChI=1S/C33H36O3S/c1-18-7-21(4)31(35)17-27(18)16-29-14-24(12-25-9-23(6)32(37)11-20(25)3)13-28(33(29)36)15-26-8-22(5)30(34)10-19(26)2/h7-11,13-14,17,34-37H,12,15-16H2,1-6H3. The van der Waals surface area contributed by atoms with Gasteiger partial charge in [-0.05, 0) is 133 Å². The predicted octanol–water partition coefficient (Wildman–Crippen LogP) is 7.72. The van der Waals surface area contributed by atoms with Gasteiger partial charge >= 0.3 is 0 Å². The fourth-order valence-corrected chi connectivity index (χ4v) is 5.27. The summed E-state index contributed by atoms with van der Waals surface area (Å²) >= 11 is 4.58. The average Bonchev–Trinajstić information content (AvgIpc) is 2.82. The highest BCUT2D eigenvalue weighted by atomic mass is 32.1. The van der Waals surface area contributed by atoms with Crippen LogP contribution in [0, 0.1) is 41.5 Å². The first-order valence-electron chi connectivity index (χ1n) is 12.6. The predicted molar refractivity (Wildman–Crippen MR) is 155 cm³/mol. The summed E-state index contributed by atoms with van der Waals surface area (Å²) in [5, 5.41) is 31.9. The Morgan fingerprint density at radius 3 is 1.57 bits per heavy atom. The van der Waals surface area contributed by atoms with Gasteiger partial charge in [0.15, 0.2) is 0 Å². The third kappa shape index (κ3) is 5.80. The van der Waals surface area contributed by atoms with Crippen LogP contribution in [-0.2, 0) is 19.3 Å². The molecule has 4 rings (SSSR count). The molecular formula is C33H36O3S. The number of phenols is 3. The summed E-state index contributed by atoms with van der Waals surface area (Å²) in [6, 6.07) is 16.1. The molecular weight excluding hydrogens is 476 g/mol. The van der Waals surface area contributed by atoms with Crippen LogP contribution in [0.5, 0.6) is 17.2 Å². The van der Waals surface area contributed by atoms with Gasteiger partial charge in [-0.25, -0.2) is 0 Å². The van der Waals surface area contributed by atoms with E-state index in [-0.39, 0.29) is 17.2 Å². The zero-order chi connectivity index (χ0) is 27.0. The number of phenolic OH excluding ortho intramolecular Hbond substituents is 3. The van der Waals surface area contributed by atoms with Crippen LogP contribution in [0.2, 0.25) is 0 Å². The van der Waals surface area contributed by atoms with Gasteiger partial charge in [-0.1, -0.05) is 30.3 Å². The molecule has 0 atom stereocenters. The van der Waals surface area contributed by atoms with Gasteiger partial charge in [0.05, 0.1) is 0 Å². The molecule has 3 nitrogen and oxygen atoms in total.